The quantitative estimate of drug-likeness (QED) is 0.562. The number of fused-ring (bicyclic) bond motifs is 1. The van der Waals surface area contributed by atoms with Crippen LogP contribution in [0.4, 0.5) is 0 Å². The molecule has 1 nitrogen and oxygen atoms in total. The summed E-state index contributed by atoms with van der Waals surface area (Å²) in [5.74, 6) is 1.35. The first-order valence-electron chi connectivity index (χ1n) is 6.77. The molecule has 1 heterocycles. The second-order valence-electron chi connectivity index (χ2n) is 7.02. The molecule has 2 aliphatic carbocycles. The van der Waals surface area contributed by atoms with Gasteiger partial charge in [-0.05, 0) is 45.4 Å². The molecule has 16 heavy (non-hydrogen) atoms. The minimum absolute atomic E-state index is 0.0944. The van der Waals surface area contributed by atoms with Crippen molar-refractivity contribution in [1.82, 2.24) is 0 Å². The number of hydrogen-bond donors (Lipinski definition) is 0. The lowest BCUT2D eigenvalue weighted by atomic mass is 9.54. The maximum atomic E-state index is 6.63. The van der Waals surface area contributed by atoms with Crippen LogP contribution < -0.4 is 0 Å². The molecular formula is C15H24O. The summed E-state index contributed by atoms with van der Waals surface area (Å²) in [5.41, 5.74) is 0.608. The van der Waals surface area contributed by atoms with E-state index in [1.165, 1.54) is 25.7 Å². The molecule has 0 aromatic heterocycles. The number of rotatable bonds is 0. The molecule has 0 aromatic carbocycles. The summed E-state index contributed by atoms with van der Waals surface area (Å²) in [6, 6.07) is 0. The van der Waals surface area contributed by atoms with Crippen LogP contribution in [0.25, 0.3) is 0 Å². The summed E-state index contributed by atoms with van der Waals surface area (Å²) >= 11 is 0. The van der Waals surface area contributed by atoms with E-state index in [-0.39, 0.29) is 11.2 Å². The molecule has 3 aliphatic rings. The molecule has 90 valence electrons. The van der Waals surface area contributed by atoms with Gasteiger partial charge in [-0.2, -0.15) is 0 Å². The van der Waals surface area contributed by atoms with Gasteiger partial charge in [0.25, 0.3) is 0 Å². The summed E-state index contributed by atoms with van der Waals surface area (Å²) in [7, 11) is 0. The first-order chi connectivity index (χ1) is 7.40. The molecule has 2 bridgehead atoms. The predicted molar refractivity (Wildman–Crippen MR) is 66.3 cm³/mol. The molecule has 0 radical (unpaired) electrons. The van der Waals surface area contributed by atoms with Gasteiger partial charge >= 0.3 is 0 Å². The van der Waals surface area contributed by atoms with Crippen LogP contribution >= 0.6 is 0 Å². The average molecular weight is 220 g/mol. The van der Waals surface area contributed by atoms with Crippen molar-refractivity contribution in [3.63, 3.8) is 0 Å². The summed E-state index contributed by atoms with van der Waals surface area (Å²) < 4.78 is 6.63. The van der Waals surface area contributed by atoms with E-state index >= 15 is 0 Å². The van der Waals surface area contributed by atoms with Gasteiger partial charge in [0.1, 0.15) is 0 Å². The third kappa shape index (κ3) is 1.11. The van der Waals surface area contributed by atoms with Crippen LogP contribution in [0.2, 0.25) is 0 Å². The SMILES string of the molecule is CC1C=CCC2(C)CC[C@H]3CC12OC3(C)C. The second-order valence-corrected chi connectivity index (χ2v) is 7.02. The maximum absolute atomic E-state index is 6.63. The third-order valence-corrected chi connectivity index (χ3v) is 5.77. The van der Waals surface area contributed by atoms with Gasteiger partial charge in [0.2, 0.25) is 0 Å². The Morgan fingerprint density at radius 2 is 2.00 bits per heavy atom. The molecule has 2 fully saturated rings. The zero-order valence-electron chi connectivity index (χ0n) is 11.0. The lowest BCUT2D eigenvalue weighted by Crippen LogP contribution is -2.53. The third-order valence-electron chi connectivity index (χ3n) is 5.77. The monoisotopic (exact) mass is 220 g/mol. The summed E-state index contributed by atoms with van der Waals surface area (Å²) in [5, 5.41) is 0. The van der Waals surface area contributed by atoms with E-state index in [1.54, 1.807) is 0 Å². The van der Waals surface area contributed by atoms with Crippen molar-refractivity contribution in [1.29, 1.82) is 0 Å². The lowest BCUT2D eigenvalue weighted by Gasteiger charge is -2.53. The molecule has 3 unspecified atom stereocenters. The van der Waals surface area contributed by atoms with Gasteiger partial charge in [0.05, 0.1) is 11.2 Å². The second kappa shape index (κ2) is 2.93. The molecule has 1 spiro atoms. The summed E-state index contributed by atoms with van der Waals surface area (Å²) in [4.78, 5) is 0. The Labute approximate surface area is 99.3 Å². The fraction of sp³-hybridized carbons (Fsp3) is 0.867. The Morgan fingerprint density at radius 3 is 2.75 bits per heavy atom. The van der Waals surface area contributed by atoms with Crippen LogP contribution in [-0.4, -0.2) is 11.2 Å². The zero-order chi connectivity index (χ0) is 11.6. The Kier molecular flexibility index (Phi) is 1.98. The molecular weight excluding hydrogens is 196 g/mol. The molecule has 3 rings (SSSR count). The van der Waals surface area contributed by atoms with E-state index in [1.807, 2.05) is 0 Å². The van der Waals surface area contributed by atoms with Crippen molar-refractivity contribution >= 4 is 0 Å². The van der Waals surface area contributed by atoms with Gasteiger partial charge in [0.15, 0.2) is 0 Å². The molecule has 1 aliphatic heterocycles. The summed E-state index contributed by atoms with van der Waals surface area (Å²) in [6.45, 7) is 9.38. The molecule has 1 saturated carbocycles. The van der Waals surface area contributed by atoms with E-state index in [0.29, 0.717) is 11.3 Å². The number of allylic oxidation sites excluding steroid dienone is 1. The molecule has 4 atom stereocenters. The standard InChI is InChI=1S/C15H24O/c1-11-6-5-8-14(4)9-7-12-10-15(11,14)16-13(12,2)3/h5-6,11-12H,7-10H2,1-4H3/t11?,12-,14?,15?/m0/s1. The van der Waals surface area contributed by atoms with Crippen LogP contribution in [0.15, 0.2) is 12.2 Å². The fourth-order valence-electron chi connectivity index (χ4n) is 4.52. The van der Waals surface area contributed by atoms with E-state index in [9.17, 15) is 0 Å². The lowest BCUT2D eigenvalue weighted by molar-refractivity contribution is -0.170. The van der Waals surface area contributed by atoms with Crippen molar-refractivity contribution in [3.8, 4) is 0 Å². The van der Waals surface area contributed by atoms with Crippen molar-refractivity contribution < 1.29 is 4.74 Å². The highest BCUT2D eigenvalue weighted by Crippen LogP contribution is 2.64. The molecule has 0 amide bonds. The van der Waals surface area contributed by atoms with Gasteiger partial charge in [0, 0.05) is 11.3 Å². The van der Waals surface area contributed by atoms with Gasteiger partial charge in [-0.3, -0.25) is 0 Å². The van der Waals surface area contributed by atoms with Crippen LogP contribution in [0.5, 0.6) is 0 Å². The van der Waals surface area contributed by atoms with Gasteiger partial charge in [-0.1, -0.05) is 26.0 Å². The number of ether oxygens (including phenoxy) is 1. The Bertz CT molecular complexity index is 343. The van der Waals surface area contributed by atoms with Crippen LogP contribution in [0, 0.1) is 17.3 Å². The molecule has 1 saturated heterocycles. The average Bonchev–Trinajstić information content (AvgIpc) is 2.42. The van der Waals surface area contributed by atoms with Gasteiger partial charge < -0.3 is 4.74 Å². The van der Waals surface area contributed by atoms with Crippen LogP contribution in [0.3, 0.4) is 0 Å². The van der Waals surface area contributed by atoms with Crippen LogP contribution in [-0.2, 0) is 4.74 Å². The Balaban J connectivity index is 2.09. The molecule has 0 N–H and O–H groups in total. The van der Waals surface area contributed by atoms with Crippen molar-refractivity contribution in [2.24, 2.45) is 17.3 Å². The van der Waals surface area contributed by atoms with E-state index in [2.05, 4.69) is 39.8 Å². The minimum Gasteiger partial charge on any atom is -0.368 e. The zero-order valence-corrected chi connectivity index (χ0v) is 11.0. The highest BCUT2D eigenvalue weighted by molar-refractivity contribution is 5.20. The fourth-order valence-corrected chi connectivity index (χ4v) is 4.52. The topological polar surface area (TPSA) is 9.23 Å². The first kappa shape index (κ1) is 10.8. The molecule has 1 heteroatoms. The Morgan fingerprint density at radius 1 is 1.25 bits per heavy atom. The Hall–Kier alpha value is -0.300. The smallest absolute Gasteiger partial charge is 0.0809 e. The van der Waals surface area contributed by atoms with E-state index < -0.39 is 0 Å². The summed E-state index contributed by atoms with van der Waals surface area (Å²) in [6.07, 6.45) is 9.94. The first-order valence-corrected chi connectivity index (χ1v) is 6.77. The highest BCUT2D eigenvalue weighted by Gasteiger charge is 2.64. The van der Waals surface area contributed by atoms with Gasteiger partial charge in [-0.15, -0.1) is 0 Å². The normalized spacial score (nSPS) is 53.8. The molecule has 0 aromatic rings. The maximum Gasteiger partial charge on any atom is 0.0809 e. The van der Waals surface area contributed by atoms with Crippen molar-refractivity contribution in [2.45, 2.75) is 64.6 Å². The van der Waals surface area contributed by atoms with Crippen molar-refractivity contribution in [3.05, 3.63) is 12.2 Å². The highest BCUT2D eigenvalue weighted by atomic mass is 16.5. The van der Waals surface area contributed by atoms with Crippen LogP contribution in [0.1, 0.15) is 53.4 Å². The predicted octanol–water partition coefficient (Wildman–Crippen LogP) is 3.94. The van der Waals surface area contributed by atoms with Crippen molar-refractivity contribution in [2.75, 3.05) is 0 Å². The largest absolute Gasteiger partial charge is 0.368 e. The minimum atomic E-state index is 0.0944. The van der Waals surface area contributed by atoms with E-state index in [4.69, 9.17) is 4.74 Å². The van der Waals surface area contributed by atoms with Gasteiger partial charge in [-0.25, -0.2) is 0 Å². The number of hydrogen-bond acceptors (Lipinski definition) is 1. The van der Waals surface area contributed by atoms with E-state index in [0.717, 1.165) is 5.92 Å².